The second kappa shape index (κ2) is 9.30. The monoisotopic (exact) mass is 348 g/mol. The second-order valence-corrected chi connectivity index (χ2v) is 5.84. The summed E-state index contributed by atoms with van der Waals surface area (Å²) in [5.74, 6) is 1.29. The van der Waals surface area contributed by atoms with Gasteiger partial charge in [0.1, 0.15) is 11.5 Å². The molecule has 0 radical (unpaired) electrons. The lowest BCUT2D eigenvalue weighted by atomic mass is 10.0. The fraction of sp³-hybridized carbons (Fsp3) is 0.316. The van der Waals surface area contributed by atoms with Crippen molar-refractivity contribution in [1.82, 2.24) is 5.32 Å². The Morgan fingerprint density at radius 3 is 2.29 bits per heavy atom. The van der Waals surface area contributed by atoms with Crippen LogP contribution in [0, 0.1) is 12.8 Å². The molecule has 0 fully saturated rings. The zero-order chi connectivity index (χ0) is 16.8. The van der Waals surface area contributed by atoms with E-state index in [9.17, 15) is 4.79 Å². The second-order valence-electron chi connectivity index (χ2n) is 5.84. The van der Waals surface area contributed by atoms with Crippen molar-refractivity contribution >= 4 is 18.3 Å². The van der Waals surface area contributed by atoms with Crippen molar-refractivity contribution in [2.45, 2.75) is 33.4 Å². The summed E-state index contributed by atoms with van der Waals surface area (Å²) < 4.78 is 6.00. The van der Waals surface area contributed by atoms with Gasteiger partial charge in [0.05, 0.1) is 0 Å². The molecular weight excluding hydrogens is 324 g/mol. The lowest BCUT2D eigenvalue weighted by Gasteiger charge is -2.17. The van der Waals surface area contributed by atoms with Gasteiger partial charge in [-0.15, -0.1) is 12.4 Å². The smallest absolute Gasteiger partial charge is 0.224 e. The summed E-state index contributed by atoms with van der Waals surface area (Å²) in [5.41, 5.74) is 7.77. The predicted octanol–water partition coefficient (Wildman–Crippen LogP) is 3.81. The zero-order valence-corrected chi connectivity index (χ0v) is 15.1. The largest absolute Gasteiger partial charge is 0.457 e. The Bertz CT molecular complexity index is 674. The molecule has 5 heteroatoms. The molecule has 130 valence electrons. The fourth-order valence-electron chi connectivity index (χ4n) is 2.12. The van der Waals surface area contributed by atoms with Gasteiger partial charge in [0, 0.05) is 24.1 Å². The molecule has 2 aromatic rings. The van der Waals surface area contributed by atoms with Crippen LogP contribution in [0.2, 0.25) is 0 Å². The van der Waals surface area contributed by atoms with Crippen LogP contribution in [0.1, 0.15) is 25.0 Å². The minimum Gasteiger partial charge on any atom is -0.457 e. The number of hydrogen-bond acceptors (Lipinski definition) is 3. The maximum absolute atomic E-state index is 12.0. The van der Waals surface area contributed by atoms with Crippen molar-refractivity contribution in [1.29, 1.82) is 0 Å². The summed E-state index contributed by atoms with van der Waals surface area (Å²) in [6.07, 6.45) is 0. The molecular formula is C19H25ClN2O2. The quantitative estimate of drug-likeness (QED) is 0.834. The Labute approximate surface area is 149 Å². The highest BCUT2D eigenvalue weighted by Crippen LogP contribution is 2.27. The van der Waals surface area contributed by atoms with Crippen LogP contribution in [0.4, 0.5) is 0 Å². The predicted molar refractivity (Wildman–Crippen MR) is 99.6 cm³/mol. The van der Waals surface area contributed by atoms with Crippen molar-refractivity contribution in [3.05, 3.63) is 59.7 Å². The van der Waals surface area contributed by atoms with Gasteiger partial charge in [0.2, 0.25) is 5.91 Å². The van der Waals surface area contributed by atoms with Gasteiger partial charge in [-0.3, -0.25) is 4.79 Å². The Morgan fingerprint density at radius 1 is 1.08 bits per heavy atom. The number of rotatable bonds is 6. The molecule has 2 atom stereocenters. The van der Waals surface area contributed by atoms with Gasteiger partial charge in [-0.25, -0.2) is 0 Å². The highest BCUT2D eigenvalue weighted by Gasteiger charge is 2.17. The van der Waals surface area contributed by atoms with Crippen molar-refractivity contribution in [2.24, 2.45) is 11.7 Å². The summed E-state index contributed by atoms with van der Waals surface area (Å²) in [6, 6.07) is 15.4. The number of ether oxygens (including phenoxy) is 1. The molecule has 2 unspecified atom stereocenters. The molecule has 0 aliphatic rings. The van der Waals surface area contributed by atoms with E-state index >= 15 is 0 Å². The van der Waals surface area contributed by atoms with Gasteiger partial charge in [0.15, 0.2) is 0 Å². The van der Waals surface area contributed by atoms with Gasteiger partial charge < -0.3 is 15.8 Å². The maximum atomic E-state index is 12.0. The van der Waals surface area contributed by atoms with Crippen molar-refractivity contribution < 1.29 is 9.53 Å². The van der Waals surface area contributed by atoms with E-state index in [0.717, 1.165) is 22.6 Å². The lowest BCUT2D eigenvalue weighted by molar-refractivity contribution is -0.125. The number of carbonyl (C=O) groups is 1. The highest BCUT2D eigenvalue weighted by atomic mass is 35.5. The van der Waals surface area contributed by atoms with E-state index in [0.29, 0.717) is 6.54 Å². The van der Waals surface area contributed by atoms with Crippen LogP contribution in [0.25, 0.3) is 0 Å². The molecule has 3 N–H and O–H groups in total. The number of aryl methyl sites for hydroxylation is 1. The minimum atomic E-state index is -0.223. The van der Waals surface area contributed by atoms with Crippen LogP contribution in [0.15, 0.2) is 48.5 Å². The van der Waals surface area contributed by atoms with Gasteiger partial charge in [-0.2, -0.15) is 0 Å². The normalized spacial score (nSPS) is 12.7. The van der Waals surface area contributed by atoms with Gasteiger partial charge in [-0.05, 0) is 31.5 Å². The average Bonchev–Trinajstić information content (AvgIpc) is 2.55. The minimum absolute atomic E-state index is 0. The number of hydrogen-bond donors (Lipinski definition) is 2. The Kier molecular flexibility index (Phi) is 7.75. The molecule has 0 saturated carbocycles. The van der Waals surface area contributed by atoms with E-state index in [2.05, 4.69) is 5.32 Å². The topological polar surface area (TPSA) is 64.3 Å². The summed E-state index contributed by atoms with van der Waals surface area (Å²) in [4.78, 5) is 12.0. The van der Waals surface area contributed by atoms with E-state index in [1.807, 2.05) is 69.3 Å². The first-order valence-electron chi connectivity index (χ1n) is 7.83. The molecule has 0 saturated heterocycles. The summed E-state index contributed by atoms with van der Waals surface area (Å²) in [6.45, 7) is 6.08. The number of benzene rings is 2. The van der Waals surface area contributed by atoms with Crippen LogP contribution in [-0.2, 0) is 11.3 Å². The third kappa shape index (κ3) is 5.25. The van der Waals surface area contributed by atoms with E-state index in [4.69, 9.17) is 10.5 Å². The molecule has 0 bridgehead atoms. The van der Waals surface area contributed by atoms with Gasteiger partial charge >= 0.3 is 0 Å². The highest BCUT2D eigenvalue weighted by molar-refractivity contribution is 5.85. The summed E-state index contributed by atoms with van der Waals surface area (Å²) in [5, 5.41) is 2.92. The maximum Gasteiger partial charge on any atom is 0.224 e. The number of nitrogens with two attached hydrogens (primary N) is 1. The summed E-state index contributed by atoms with van der Waals surface area (Å²) >= 11 is 0. The molecule has 2 rings (SSSR count). The standard InChI is InChI=1S/C19H24N2O2.ClH/c1-13-8-4-6-10-17(13)23-18-11-7-5-9-16(18)12-21-19(22)14(2)15(3)20;/h4-11,14-15H,12,20H2,1-3H3,(H,21,22);1H. The Balaban J connectivity index is 0.00000288. The number of halogens is 1. The molecule has 24 heavy (non-hydrogen) atoms. The van der Waals surface area contributed by atoms with E-state index in [1.54, 1.807) is 0 Å². The van der Waals surface area contributed by atoms with E-state index in [-0.39, 0.29) is 30.3 Å². The van der Waals surface area contributed by atoms with Crippen molar-refractivity contribution in [3.63, 3.8) is 0 Å². The number of nitrogens with one attached hydrogen (secondary N) is 1. The molecule has 0 spiro atoms. The van der Waals surface area contributed by atoms with Crippen LogP contribution in [0.3, 0.4) is 0 Å². The SMILES string of the molecule is Cc1ccccc1Oc1ccccc1CNC(=O)C(C)C(C)N.Cl. The Morgan fingerprint density at radius 2 is 1.67 bits per heavy atom. The number of para-hydroxylation sites is 2. The zero-order valence-electron chi connectivity index (χ0n) is 14.3. The van der Waals surface area contributed by atoms with E-state index < -0.39 is 0 Å². The number of carbonyl (C=O) groups excluding carboxylic acids is 1. The van der Waals surface area contributed by atoms with Crippen LogP contribution in [0.5, 0.6) is 11.5 Å². The molecule has 2 aromatic carbocycles. The van der Waals surface area contributed by atoms with E-state index in [1.165, 1.54) is 0 Å². The van der Waals surface area contributed by atoms with Gasteiger partial charge in [-0.1, -0.05) is 43.3 Å². The average molecular weight is 349 g/mol. The molecule has 0 aliphatic carbocycles. The molecule has 0 aliphatic heterocycles. The molecule has 0 aromatic heterocycles. The van der Waals surface area contributed by atoms with Gasteiger partial charge in [0.25, 0.3) is 0 Å². The van der Waals surface area contributed by atoms with Crippen LogP contribution < -0.4 is 15.8 Å². The Hall–Kier alpha value is -2.04. The van der Waals surface area contributed by atoms with Crippen molar-refractivity contribution in [3.8, 4) is 11.5 Å². The number of amides is 1. The third-order valence-corrected chi connectivity index (χ3v) is 3.94. The third-order valence-electron chi connectivity index (χ3n) is 3.94. The molecule has 0 heterocycles. The first kappa shape index (κ1) is 20.0. The van der Waals surface area contributed by atoms with Crippen LogP contribution in [-0.4, -0.2) is 11.9 Å². The summed E-state index contributed by atoms with van der Waals surface area (Å²) in [7, 11) is 0. The molecule has 1 amide bonds. The first-order valence-corrected chi connectivity index (χ1v) is 7.83. The first-order chi connectivity index (χ1) is 11.0. The van der Waals surface area contributed by atoms with Crippen molar-refractivity contribution in [2.75, 3.05) is 0 Å². The molecule has 4 nitrogen and oxygen atoms in total. The lowest BCUT2D eigenvalue weighted by Crippen LogP contribution is -2.38. The van der Waals surface area contributed by atoms with Crippen LogP contribution >= 0.6 is 12.4 Å². The fourth-order valence-corrected chi connectivity index (χ4v) is 2.12.